The second kappa shape index (κ2) is 7.89. The van der Waals surface area contributed by atoms with Crippen LogP contribution in [0.2, 0.25) is 0 Å². The summed E-state index contributed by atoms with van der Waals surface area (Å²) in [4.78, 5) is 12.0. The molecule has 5 nitrogen and oxygen atoms in total. The average molecular weight is 313 g/mol. The third-order valence-corrected chi connectivity index (χ3v) is 3.19. The van der Waals surface area contributed by atoms with Crippen molar-refractivity contribution in [3.63, 3.8) is 0 Å². The molecule has 0 saturated carbocycles. The summed E-state index contributed by atoms with van der Waals surface area (Å²) in [5, 5.41) is 2.78. The summed E-state index contributed by atoms with van der Waals surface area (Å²) in [6, 6.07) is 12.8. The van der Waals surface area contributed by atoms with Crippen LogP contribution in [0, 0.1) is 0 Å². The predicted molar refractivity (Wildman–Crippen MR) is 90.2 cm³/mol. The molecule has 0 heterocycles. The lowest BCUT2D eigenvalue weighted by Crippen LogP contribution is -2.07. The maximum atomic E-state index is 12.0. The van der Waals surface area contributed by atoms with Crippen molar-refractivity contribution in [2.24, 2.45) is 0 Å². The molecular formula is C18H19NO4. The number of hydrogen-bond donors (Lipinski definition) is 1. The Kier molecular flexibility index (Phi) is 5.63. The Bertz CT molecular complexity index is 696. The lowest BCUT2D eigenvalue weighted by molar-refractivity contribution is -0.111. The van der Waals surface area contributed by atoms with Crippen molar-refractivity contribution in [2.45, 2.75) is 0 Å². The van der Waals surface area contributed by atoms with Gasteiger partial charge in [-0.05, 0) is 30.3 Å². The molecule has 23 heavy (non-hydrogen) atoms. The molecule has 0 aromatic heterocycles. The van der Waals surface area contributed by atoms with Crippen LogP contribution < -0.4 is 19.5 Å². The molecule has 0 radical (unpaired) electrons. The van der Waals surface area contributed by atoms with E-state index in [9.17, 15) is 4.79 Å². The molecular weight excluding hydrogens is 294 g/mol. The van der Waals surface area contributed by atoms with Crippen LogP contribution in [0.3, 0.4) is 0 Å². The minimum atomic E-state index is -0.229. The molecule has 0 saturated heterocycles. The van der Waals surface area contributed by atoms with Crippen molar-refractivity contribution in [2.75, 3.05) is 26.6 Å². The number of nitrogens with one attached hydrogen (secondary N) is 1. The second-order valence-corrected chi connectivity index (χ2v) is 4.61. The van der Waals surface area contributed by atoms with Crippen LogP contribution in [0.25, 0.3) is 6.08 Å². The fourth-order valence-electron chi connectivity index (χ4n) is 2.13. The Balaban J connectivity index is 2.20. The Morgan fingerprint density at radius 1 is 0.913 bits per heavy atom. The van der Waals surface area contributed by atoms with Gasteiger partial charge in [-0.25, -0.2) is 0 Å². The smallest absolute Gasteiger partial charge is 0.248 e. The van der Waals surface area contributed by atoms with E-state index >= 15 is 0 Å². The molecule has 1 N–H and O–H groups in total. The summed E-state index contributed by atoms with van der Waals surface area (Å²) < 4.78 is 15.9. The molecule has 2 rings (SSSR count). The van der Waals surface area contributed by atoms with Gasteiger partial charge in [0, 0.05) is 17.3 Å². The maximum absolute atomic E-state index is 12.0. The van der Waals surface area contributed by atoms with E-state index < -0.39 is 0 Å². The van der Waals surface area contributed by atoms with Crippen LogP contribution in [0.1, 0.15) is 5.56 Å². The molecule has 0 aliphatic rings. The summed E-state index contributed by atoms with van der Waals surface area (Å²) in [5.41, 5.74) is 1.45. The van der Waals surface area contributed by atoms with Crippen LogP contribution in [0.5, 0.6) is 17.2 Å². The van der Waals surface area contributed by atoms with Gasteiger partial charge in [-0.2, -0.15) is 0 Å². The summed E-state index contributed by atoms with van der Waals surface area (Å²) in [6.07, 6.45) is 3.11. The molecule has 0 fully saturated rings. The van der Waals surface area contributed by atoms with Gasteiger partial charge in [-0.15, -0.1) is 0 Å². The molecule has 0 bridgehead atoms. The third-order valence-electron chi connectivity index (χ3n) is 3.19. The number of amides is 1. The molecule has 0 aliphatic heterocycles. The highest BCUT2D eigenvalue weighted by Crippen LogP contribution is 2.40. The largest absolute Gasteiger partial charge is 0.493 e. The zero-order valence-corrected chi connectivity index (χ0v) is 13.3. The van der Waals surface area contributed by atoms with E-state index in [4.69, 9.17) is 14.2 Å². The number of methoxy groups -OCH3 is 3. The van der Waals surface area contributed by atoms with E-state index in [-0.39, 0.29) is 5.91 Å². The number of rotatable bonds is 6. The molecule has 1 amide bonds. The van der Waals surface area contributed by atoms with Crippen LogP contribution in [0.15, 0.2) is 48.5 Å². The van der Waals surface area contributed by atoms with Crippen molar-refractivity contribution in [1.82, 2.24) is 0 Å². The number of para-hydroxylation sites is 1. The number of anilines is 1. The van der Waals surface area contributed by atoms with Crippen LogP contribution >= 0.6 is 0 Å². The Morgan fingerprint density at radius 3 is 2.22 bits per heavy atom. The van der Waals surface area contributed by atoms with Crippen molar-refractivity contribution < 1.29 is 19.0 Å². The molecule has 5 heteroatoms. The van der Waals surface area contributed by atoms with Crippen molar-refractivity contribution in [1.29, 1.82) is 0 Å². The summed E-state index contributed by atoms with van der Waals surface area (Å²) in [6.45, 7) is 0. The summed E-state index contributed by atoms with van der Waals surface area (Å²) in [5.74, 6) is 1.33. The van der Waals surface area contributed by atoms with Gasteiger partial charge in [-0.3, -0.25) is 4.79 Å². The quantitative estimate of drug-likeness (QED) is 0.831. The fourth-order valence-corrected chi connectivity index (χ4v) is 2.13. The number of carbonyl (C=O) groups is 1. The molecule has 0 aliphatic carbocycles. The van der Waals surface area contributed by atoms with E-state index in [1.807, 2.05) is 30.3 Å². The Morgan fingerprint density at radius 2 is 1.61 bits per heavy atom. The van der Waals surface area contributed by atoms with Crippen molar-refractivity contribution >= 4 is 17.7 Å². The number of benzene rings is 2. The van der Waals surface area contributed by atoms with Crippen LogP contribution in [-0.4, -0.2) is 27.2 Å². The number of carbonyl (C=O) groups excluding carboxylic acids is 1. The first-order chi connectivity index (χ1) is 11.2. The van der Waals surface area contributed by atoms with Gasteiger partial charge in [0.15, 0.2) is 11.5 Å². The first-order valence-electron chi connectivity index (χ1n) is 7.02. The normalized spacial score (nSPS) is 10.4. The highest BCUT2D eigenvalue weighted by Gasteiger charge is 2.14. The second-order valence-electron chi connectivity index (χ2n) is 4.61. The van der Waals surface area contributed by atoms with Crippen LogP contribution in [-0.2, 0) is 4.79 Å². The SMILES string of the molecule is COc1ccc(/C=C/C(=O)Nc2ccccc2)c(OC)c1OC. The van der Waals surface area contributed by atoms with Gasteiger partial charge in [0.1, 0.15) is 0 Å². The standard InChI is InChI=1S/C18H19NO4/c1-21-15-11-9-13(17(22-2)18(15)23-3)10-12-16(20)19-14-7-5-4-6-8-14/h4-12H,1-3H3,(H,19,20)/b12-10+. The zero-order valence-electron chi connectivity index (χ0n) is 13.3. The molecule has 2 aromatic rings. The van der Waals surface area contributed by atoms with E-state index in [0.717, 1.165) is 5.69 Å². The lowest BCUT2D eigenvalue weighted by atomic mass is 10.1. The minimum absolute atomic E-state index is 0.229. The van der Waals surface area contributed by atoms with E-state index in [2.05, 4.69) is 5.32 Å². The van der Waals surface area contributed by atoms with E-state index in [1.54, 1.807) is 32.4 Å². The topological polar surface area (TPSA) is 56.8 Å². The minimum Gasteiger partial charge on any atom is -0.493 e. The number of hydrogen-bond acceptors (Lipinski definition) is 4. The first-order valence-corrected chi connectivity index (χ1v) is 7.02. The molecule has 0 atom stereocenters. The number of ether oxygens (including phenoxy) is 3. The van der Waals surface area contributed by atoms with Gasteiger partial charge in [0.2, 0.25) is 11.7 Å². The Labute approximate surface area is 135 Å². The summed E-state index contributed by atoms with van der Waals surface area (Å²) in [7, 11) is 4.63. The van der Waals surface area contributed by atoms with Gasteiger partial charge in [0.05, 0.1) is 21.3 Å². The van der Waals surface area contributed by atoms with Gasteiger partial charge in [-0.1, -0.05) is 18.2 Å². The predicted octanol–water partition coefficient (Wildman–Crippen LogP) is 3.36. The van der Waals surface area contributed by atoms with E-state index in [1.165, 1.54) is 13.2 Å². The van der Waals surface area contributed by atoms with Crippen LogP contribution in [0.4, 0.5) is 5.69 Å². The van der Waals surface area contributed by atoms with E-state index in [0.29, 0.717) is 22.8 Å². The monoisotopic (exact) mass is 313 g/mol. The fraction of sp³-hybridized carbons (Fsp3) is 0.167. The van der Waals surface area contributed by atoms with Gasteiger partial charge < -0.3 is 19.5 Å². The average Bonchev–Trinajstić information content (AvgIpc) is 2.59. The summed E-state index contributed by atoms with van der Waals surface area (Å²) >= 11 is 0. The van der Waals surface area contributed by atoms with Gasteiger partial charge >= 0.3 is 0 Å². The molecule has 120 valence electrons. The van der Waals surface area contributed by atoms with Gasteiger partial charge in [0.25, 0.3) is 0 Å². The Hall–Kier alpha value is -2.95. The lowest BCUT2D eigenvalue weighted by Gasteiger charge is -2.13. The highest BCUT2D eigenvalue weighted by molar-refractivity contribution is 6.02. The van der Waals surface area contributed by atoms with Crippen molar-refractivity contribution in [3.8, 4) is 17.2 Å². The first kappa shape index (κ1) is 16.4. The maximum Gasteiger partial charge on any atom is 0.248 e. The third kappa shape index (κ3) is 4.03. The molecule has 0 spiro atoms. The highest BCUT2D eigenvalue weighted by atomic mass is 16.5. The molecule has 2 aromatic carbocycles. The zero-order chi connectivity index (χ0) is 16.7. The molecule has 0 unspecified atom stereocenters. The van der Waals surface area contributed by atoms with Crippen molar-refractivity contribution in [3.05, 3.63) is 54.1 Å².